The second-order valence-electron chi connectivity index (χ2n) is 10.5. The maximum atomic E-state index is 5.86. The van der Waals surface area contributed by atoms with E-state index >= 15 is 0 Å². The third-order valence-electron chi connectivity index (χ3n) is 7.66. The minimum Gasteiger partial charge on any atom is -0.496 e. The summed E-state index contributed by atoms with van der Waals surface area (Å²) in [5.41, 5.74) is 9.88. The van der Waals surface area contributed by atoms with Gasteiger partial charge < -0.3 is 9.64 Å². The molecule has 0 saturated carbocycles. The second kappa shape index (κ2) is 12.7. The number of allylic oxidation sites excluding steroid dienone is 4. The van der Waals surface area contributed by atoms with Crippen LogP contribution in [0.2, 0.25) is 0 Å². The number of benzene rings is 2. The molecule has 0 bridgehead atoms. The second-order valence-corrected chi connectivity index (χ2v) is 10.5. The van der Waals surface area contributed by atoms with Gasteiger partial charge in [0.2, 0.25) is 0 Å². The lowest BCUT2D eigenvalue weighted by atomic mass is 9.87. The van der Waals surface area contributed by atoms with Crippen molar-refractivity contribution < 1.29 is 4.74 Å². The summed E-state index contributed by atoms with van der Waals surface area (Å²) in [5.74, 6) is 7.41. The number of aromatic nitrogens is 3. The Morgan fingerprint density at radius 2 is 1.93 bits per heavy atom. The predicted octanol–water partition coefficient (Wildman–Crippen LogP) is 8.01. The van der Waals surface area contributed by atoms with Crippen molar-refractivity contribution in [3.8, 4) is 17.6 Å². The number of pyridine rings is 1. The molecule has 0 aliphatic heterocycles. The SMILES string of the molecule is C.C=C(c1ccc(C#CC)cc1)c1c(N(C)C)cnc2cc(OC)c(CCC3=CC=C(n4cccn4)CC3C)cc12. The zero-order valence-corrected chi connectivity index (χ0v) is 24.0. The summed E-state index contributed by atoms with van der Waals surface area (Å²) < 4.78 is 7.82. The van der Waals surface area contributed by atoms with Gasteiger partial charge in [-0.2, -0.15) is 5.10 Å². The summed E-state index contributed by atoms with van der Waals surface area (Å²) in [6.45, 7) is 8.70. The lowest BCUT2D eigenvalue weighted by Crippen LogP contribution is -2.12. The quantitative estimate of drug-likeness (QED) is 0.211. The Hall–Kier alpha value is -4.56. The van der Waals surface area contributed by atoms with E-state index in [1.807, 2.05) is 50.4 Å². The summed E-state index contributed by atoms with van der Waals surface area (Å²) in [6, 6.07) is 14.6. The first kappa shape index (κ1) is 29.4. The van der Waals surface area contributed by atoms with Crippen LogP contribution in [0.3, 0.4) is 0 Å². The van der Waals surface area contributed by atoms with Crippen LogP contribution in [0.15, 0.2) is 85.4 Å². The fraction of sp³-hybridized carbons (Fsp3) is 0.278. The molecule has 5 rings (SSSR count). The molecule has 2 heterocycles. The number of hydrogen-bond acceptors (Lipinski definition) is 4. The van der Waals surface area contributed by atoms with Crippen molar-refractivity contribution in [3.05, 3.63) is 108 Å². The van der Waals surface area contributed by atoms with Crippen molar-refractivity contribution in [2.24, 2.45) is 5.92 Å². The van der Waals surface area contributed by atoms with Crippen molar-refractivity contribution in [3.63, 3.8) is 0 Å². The molecule has 1 aliphatic carbocycles. The molecule has 4 aromatic rings. The number of nitrogens with zero attached hydrogens (tertiary/aromatic N) is 4. The lowest BCUT2D eigenvalue weighted by molar-refractivity contribution is 0.410. The molecule has 41 heavy (non-hydrogen) atoms. The van der Waals surface area contributed by atoms with Crippen LogP contribution in [0.4, 0.5) is 5.69 Å². The Balaban J connectivity index is 0.00000387. The zero-order chi connectivity index (χ0) is 28.2. The molecule has 1 atom stereocenters. The van der Waals surface area contributed by atoms with Crippen LogP contribution in [0.5, 0.6) is 5.75 Å². The maximum Gasteiger partial charge on any atom is 0.124 e. The van der Waals surface area contributed by atoms with Gasteiger partial charge in [0.25, 0.3) is 0 Å². The van der Waals surface area contributed by atoms with E-state index < -0.39 is 0 Å². The first-order valence-electron chi connectivity index (χ1n) is 13.7. The van der Waals surface area contributed by atoms with Gasteiger partial charge in [-0.1, -0.05) is 50.6 Å². The van der Waals surface area contributed by atoms with Crippen molar-refractivity contribution >= 4 is 27.9 Å². The lowest BCUT2D eigenvalue weighted by Gasteiger charge is -2.23. The van der Waals surface area contributed by atoms with E-state index in [2.05, 4.69) is 83.9 Å². The summed E-state index contributed by atoms with van der Waals surface area (Å²) in [7, 11) is 5.83. The van der Waals surface area contributed by atoms with Gasteiger partial charge in [0.15, 0.2) is 0 Å². The van der Waals surface area contributed by atoms with E-state index in [1.54, 1.807) is 7.11 Å². The largest absolute Gasteiger partial charge is 0.496 e. The van der Waals surface area contributed by atoms with Crippen molar-refractivity contribution in [2.75, 3.05) is 26.1 Å². The predicted molar refractivity (Wildman–Crippen MR) is 173 cm³/mol. The topological polar surface area (TPSA) is 43.2 Å². The third-order valence-corrected chi connectivity index (χ3v) is 7.66. The Labute approximate surface area is 244 Å². The van der Waals surface area contributed by atoms with Crippen molar-refractivity contribution in [1.82, 2.24) is 14.8 Å². The standard InChI is InChI=1S/C35H36N4O.CH4/c1-7-9-26-10-12-28(13-11-26)25(3)35-31-21-29(34(40-6)22-32(31)36-23-33(35)38(4)5)15-14-27-16-17-30(20-24(27)2)39-19-8-18-37-39;/h8,10-13,16-19,21-24H,3,14-15,20H2,1-2,4-6H3;1H4. The average molecular weight is 545 g/mol. The third kappa shape index (κ3) is 6.12. The molecule has 0 fully saturated rings. The van der Waals surface area contributed by atoms with E-state index in [-0.39, 0.29) is 7.43 Å². The number of fused-ring (bicyclic) bond motifs is 1. The highest BCUT2D eigenvalue weighted by Gasteiger charge is 2.20. The zero-order valence-electron chi connectivity index (χ0n) is 24.0. The van der Waals surface area contributed by atoms with Crippen molar-refractivity contribution in [2.45, 2.75) is 40.5 Å². The molecular formula is C36H40N4O. The molecule has 0 N–H and O–H groups in total. The summed E-state index contributed by atoms with van der Waals surface area (Å²) in [5, 5.41) is 5.48. The molecule has 210 valence electrons. The molecule has 5 nitrogen and oxygen atoms in total. The highest BCUT2D eigenvalue weighted by Crippen LogP contribution is 2.39. The monoisotopic (exact) mass is 544 g/mol. The van der Waals surface area contributed by atoms with Crippen LogP contribution in [0.1, 0.15) is 56.4 Å². The summed E-state index contributed by atoms with van der Waals surface area (Å²) >= 11 is 0. The Morgan fingerprint density at radius 3 is 2.56 bits per heavy atom. The van der Waals surface area contributed by atoms with Crippen LogP contribution in [-0.4, -0.2) is 36.0 Å². The van der Waals surface area contributed by atoms with Crippen LogP contribution < -0.4 is 9.64 Å². The molecule has 1 unspecified atom stereocenters. The number of rotatable bonds is 8. The normalized spacial score (nSPS) is 14.3. The summed E-state index contributed by atoms with van der Waals surface area (Å²) in [4.78, 5) is 6.92. The first-order valence-corrected chi connectivity index (χ1v) is 13.7. The maximum absolute atomic E-state index is 5.86. The van der Waals surface area contributed by atoms with Gasteiger partial charge in [-0.15, -0.1) is 5.92 Å². The first-order chi connectivity index (χ1) is 19.4. The van der Waals surface area contributed by atoms with Crippen LogP contribution in [0, 0.1) is 17.8 Å². The van der Waals surface area contributed by atoms with Gasteiger partial charge in [0, 0.05) is 54.8 Å². The van der Waals surface area contributed by atoms with Gasteiger partial charge in [0.1, 0.15) is 5.75 Å². The van der Waals surface area contributed by atoms with Gasteiger partial charge in [-0.3, -0.25) is 4.98 Å². The smallest absolute Gasteiger partial charge is 0.124 e. The molecule has 0 amide bonds. The van der Waals surface area contributed by atoms with Crippen LogP contribution in [-0.2, 0) is 6.42 Å². The number of methoxy groups -OCH3 is 1. The van der Waals surface area contributed by atoms with Gasteiger partial charge in [-0.25, -0.2) is 4.68 Å². The van der Waals surface area contributed by atoms with E-state index in [9.17, 15) is 0 Å². The van der Waals surface area contributed by atoms with Crippen LogP contribution >= 0.6 is 0 Å². The van der Waals surface area contributed by atoms with E-state index in [0.717, 1.165) is 63.9 Å². The molecule has 0 saturated heterocycles. The van der Waals surface area contributed by atoms with E-state index in [4.69, 9.17) is 9.72 Å². The van der Waals surface area contributed by atoms with E-state index in [1.165, 1.54) is 16.8 Å². The molecule has 0 radical (unpaired) electrons. The molecule has 2 aromatic carbocycles. The van der Waals surface area contributed by atoms with E-state index in [0.29, 0.717) is 5.92 Å². The Morgan fingerprint density at radius 1 is 1.15 bits per heavy atom. The van der Waals surface area contributed by atoms with Gasteiger partial charge in [-0.05, 0) is 79.1 Å². The minimum atomic E-state index is 0. The minimum absolute atomic E-state index is 0. The number of aryl methyl sites for hydroxylation is 1. The molecule has 5 heteroatoms. The Kier molecular flexibility index (Phi) is 9.14. The van der Waals surface area contributed by atoms with Crippen LogP contribution in [0.25, 0.3) is 22.2 Å². The highest BCUT2D eigenvalue weighted by molar-refractivity contribution is 6.01. The molecular weight excluding hydrogens is 504 g/mol. The number of hydrogen-bond donors (Lipinski definition) is 0. The average Bonchev–Trinajstić information content (AvgIpc) is 3.51. The van der Waals surface area contributed by atoms with Crippen molar-refractivity contribution in [1.29, 1.82) is 0 Å². The number of ether oxygens (including phenoxy) is 1. The Bertz CT molecular complexity index is 1660. The van der Waals surface area contributed by atoms with Gasteiger partial charge in [0.05, 0.1) is 24.5 Å². The fourth-order valence-corrected chi connectivity index (χ4v) is 5.44. The molecule has 0 spiro atoms. The highest BCUT2D eigenvalue weighted by atomic mass is 16.5. The number of anilines is 1. The fourth-order valence-electron chi connectivity index (χ4n) is 5.44. The molecule has 2 aromatic heterocycles. The van der Waals surface area contributed by atoms with Gasteiger partial charge >= 0.3 is 0 Å². The summed E-state index contributed by atoms with van der Waals surface area (Å²) in [6.07, 6.45) is 13.0. The molecule has 1 aliphatic rings.